The van der Waals surface area contributed by atoms with Crippen LogP contribution in [0.4, 0.5) is 6.01 Å². The summed E-state index contributed by atoms with van der Waals surface area (Å²) < 4.78 is 5.73. The first-order chi connectivity index (χ1) is 9.36. The average molecular weight is 259 g/mol. The van der Waals surface area contributed by atoms with Crippen molar-refractivity contribution in [2.24, 2.45) is 5.29 Å². The van der Waals surface area contributed by atoms with Crippen molar-refractivity contribution < 1.29 is 4.42 Å². The minimum atomic E-state index is 0.574. The summed E-state index contributed by atoms with van der Waals surface area (Å²) in [4.78, 5) is 20.7. The molecule has 0 amide bonds. The number of piperazine rings is 1. The van der Waals surface area contributed by atoms with E-state index in [9.17, 15) is 4.91 Å². The fourth-order valence-electron chi connectivity index (χ4n) is 2.02. The molecule has 0 spiro atoms. The second-order valence-corrected chi connectivity index (χ2v) is 4.27. The van der Waals surface area contributed by atoms with E-state index in [4.69, 9.17) is 4.42 Å². The van der Waals surface area contributed by atoms with Crippen molar-refractivity contribution in [2.75, 3.05) is 31.1 Å². The van der Waals surface area contributed by atoms with Crippen molar-refractivity contribution in [1.82, 2.24) is 15.0 Å². The molecule has 2 aromatic rings. The van der Waals surface area contributed by atoms with Gasteiger partial charge in [0.15, 0.2) is 5.76 Å². The molecular formula is C12H13N5O2. The summed E-state index contributed by atoms with van der Waals surface area (Å²) in [7, 11) is 0. The van der Waals surface area contributed by atoms with Crippen LogP contribution < -0.4 is 4.90 Å². The lowest BCUT2D eigenvalue weighted by molar-refractivity contribution is 0.261. The van der Waals surface area contributed by atoms with E-state index in [0.29, 0.717) is 38.0 Å². The van der Waals surface area contributed by atoms with Crippen molar-refractivity contribution in [3.63, 3.8) is 0 Å². The highest BCUT2D eigenvalue weighted by atomic mass is 16.4. The Kier molecular flexibility index (Phi) is 3.09. The van der Waals surface area contributed by atoms with Crippen LogP contribution in [0, 0.1) is 4.91 Å². The molecule has 7 heteroatoms. The van der Waals surface area contributed by atoms with Gasteiger partial charge in [0.1, 0.15) is 0 Å². The number of oxazole rings is 1. The molecule has 3 rings (SSSR count). The summed E-state index contributed by atoms with van der Waals surface area (Å²) >= 11 is 0. The van der Waals surface area contributed by atoms with E-state index in [2.05, 4.69) is 15.3 Å². The van der Waals surface area contributed by atoms with Crippen molar-refractivity contribution >= 4 is 6.01 Å². The third-order valence-corrected chi connectivity index (χ3v) is 3.08. The summed E-state index contributed by atoms with van der Waals surface area (Å²) in [6.07, 6.45) is 5.14. The lowest BCUT2D eigenvalue weighted by Gasteiger charge is -2.29. The van der Waals surface area contributed by atoms with Crippen LogP contribution in [0.15, 0.2) is 40.4 Å². The van der Waals surface area contributed by atoms with Gasteiger partial charge in [0.05, 0.1) is 24.6 Å². The molecule has 7 nitrogen and oxygen atoms in total. The zero-order chi connectivity index (χ0) is 13.1. The highest BCUT2D eigenvalue weighted by molar-refractivity contribution is 5.56. The first kappa shape index (κ1) is 11.6. The van der Waals surface area contributed by atoms with Crippen LogP contribution in [0.1, 0.15) is 0 Å². The molecule has 0 aliphatic carbocycles. The van der Waals surface area contributed by atoms with E-state index in [1.165, 1.54) is 5.01 Å². The van der Waals surface area contributed by atoms with Gasteiger partial charge in [-0.1, -0.05) is 0 Å². The Labute approximate surface area is 109 Å². The molecule has 0 saturated carbocycles. The van der Waals surface area contributed by atoms with Gasteiger partial charge in [0.25, 0.3) is 6.01 Å². The number of anilines is 1. The topological polar surface area (TPSA) is 74.8 Å². The monoisotopic (exact) mass is 259 g/mol. The number of hydrogen-bond acceptors (Lipinski definition) is 6. The van der Waals surface area contributed by atoms with Gasteiger partial charge in [-0.25, -0.2) is 4.98 Å². The molecular weight excluding hydrogens is 246 g/mol. The van der Waals surface area contributed by atoms with Crippen LogP contribution in [0.3, 0.4) is 0 Å². The molecule has 0 aromatic carbocycles. The zero-order valence-corrected chi connectivity index (χ0v) is 10.3. The fraction of sp³-hybridized carbons (Fsp3) is 0.333. The van der Waals surface area contributed by atoms with Crippen LogP contribution in [-0.4, -0.2) is 41.2 Å². The van der Waals surface area contributed by atoms with Crippen molar-refractivity contribution in [1.29, 1.82) is 0 Å². The van der Waals surface area contributed by atoms with Gasteiger partial charge >= 0.3 is 0 Å². The molecule has 0 N–H and O–H groups in total. The predicted molar refractivity (Wildman–Crippen MR) is 69.3 cm³/mol. The van der Waals surface area contributed by atoms with E-state index < -0.39 is 0 Å². The standard InChI is InChI=1S/C12H13N5O2/c18-15-17-6-4-16(5-7-17)12-14-9-11(19-12)10-2-1-3-13-8-10/h1-3,8-9H,4-7H2. The van der Waals surface area contributed by atoms with E-state index in [1.54, 1.807) is 18.6 Å². The summed E-state index contributed by atoms with van der Waals surface area (Å²) in [5.41, 5.74) is 0.898. The van der Waals surface area contributed by atoms with Crippen LogP contribution in [0.2, 0.25) is 0 Å². The fourth-order valence-corrected chi connectivity index (χ4v) is 2.02. The number of rotatable bonds is 3. The number of nitroso groups, excluding NO2 is 1. The summed E-state index contributed by atoms with van der Waals surface area (Å²) in [5, 5.41) is 4.43. The Morgan fingerprint density at radius 1 is 1.21 bits per heavy atom. The molecule has 0 radical (unpaired) electrons. The van der Waals surface area contributed by atoms with Crippen molar-refractivity contribution in [3.05, 3.63) is 35.6 Å². The lowest BCUT2D eigenvalue weighted by atomic mass is 10.2. The molecule has 3 heterocycles. The molecule has 1 saturated heterocycles. The van der Waals surface area contributed by atoms with Crippen molar-refractivity contribution in [2.45, 2.75) is 0 Å². The third kappa shape index (κ3) is 2.40. The van der Waals surface area contributed by atoms with Gasteiger partial charge in [-0.15, -0.1) is 4.91 Å². The molecule has 1 fully saturated rings. The molecule has 1 aliphatic rings. The minimum absolute atomic E-state index is 0.574. The highest BCUT2D eigenvalue weighted by Crippen LogP contribution is 2.24. The van der Waals surface area contributed by atoms with E-state index >= 15 is 0 Å². The highest BCUT2D eigenvalue weighted by Gasteiger charge is 2.20. The van der Waals surface area contributed by atoms with Crippen LogP contribution in [-0.2, 0) is 0 Å². The molecule has 0 atom stereocenters. The minimum Gasteiger partial charge on any atom is -0.423 e. The van der Waals surface area contributed by atoms with Gasteiger partial charge in [-0.3, -0.25) is 9.99 Å². The zero-order valence-electron chi connectivity index (χ0n) is 10.3. The largest absolute Gasteiger partial charge is 0.423 e. The van der Waals surface area contributed by atoms with Crippen LogP contribution in [0.5, 0.6) is 0 Å². The summed E-state index contributed by atoms with van der Waals surface area (Å²) in [5.74, 6) is 0.694. The van der Waals surface area contributed by atoms with E-state index in [0.717, 1.165) is 5.56 Å². The van der Waals surface area contributed by atoms with E-state index in [1.807, 2.05) is 17.0 Å². The van der Waals surface area contributed by atoms with Gasteiger partial charge in [0, 0.05) is 31.0 Å². The first-order valence-corrected chi connectivity index (χ1v) is 6.06. The third-order valence-electron chi connectivity index (χ3n) is 3.08. The van der Waals surface area contributed by atoms with Gasteiger partial charge in [-0.2, -0.15) is 0 Å². The molecule has 0 unspecified atom stereocenters. The van der Waals surface area contributed by atoms with Crippen LogP contribution >= 0.6 is 0 Å². The lowest BCUT2D eigenvalue weighted by Crippen LogP contribution is -2.44. The van der Waals surface area contributed by atoms with Crippen molar-refractivity contribution in [3.8, 4) is 11.3 Å². The summed E-state index contributed by atoms with van der Waals surface area (Å²) in [6, 6.07) is 4.35. The molecule has 0 bridgehead atoms. The molecule has 2 aromatic heterocycles. The maximum atomic E-state index is 10.4. The maximum Gasteiger partial charge on any atom is 0.297 e. The first-order valence-electron chi connectivity index (χ1n) is 6.06. The average Bonchev–Trinajstić information content (AvgIpc) is 2.98. The molecule has 98 valence electrons. The molecule has 1 aliphatic heterocycles. The van der Waals surface area contributed by atoms with Gasteiger partial charge in [0.2, 0.25) is 0 Å². The number of aromatic nitrogens is 2. The second kappa shape index (κ2) is 5.05. The maximum absolute atomic E-state index is 10.4. The SMILES string of the molecule is O=NN1CCN(c2ncc(-c3cccnc3)o2)CC1. The quantitative estimate of drug-likeness (QED) is 0.778. The van der Waals surface area contributed by atoms with Crippen LogP contribution in [0.25, 0.3) is 11.3 Å². The Bertz CT molecular complexity index is 548. The normalized spacial score (nSPS) is 15.6. The summed E-state index contributed by atoms with van der Waals surface area (Å²) in [6.45, 7) is 2.54. The second-order valence-electron chi connectivity index (χ2n) is 4.27. The predicted octanol–water partition coefficient (Wildman–Crippen LogP) is 1.54. The van der Waals surface area contributed by atoms with Gasteiger partial charge in [-0.05, 0) is 12.1 Å². The Balaban J connectivity index is 1.74. The smallest absolute Gasteiger partial charge is 0.297 e. The number of hydrogen-bond donors (Lipinski definition) is 0. The molecule has 19 heavy (non-hydrogen) atoms. The Hall–Kier alpha value is -2.44. The number of nitrogens with zero attached hydrogens (tertiary/aromatic N) is 5. The van der Waals surface area contributed by atoms with Gasteiger partial charge < -0.3 is 9.32 Å². The van der Waals surface area contributed by atoms with E-state index in [-0.39, 0.29) is 0 Å². The number of pyridine rings is 1. The Morgan fingerprint density at radius 3 is 2.74 bits per heavy atom. The Morgan fingerprint density at radius 2 is 2.05 bits per heavy atom.